The van der Waals surface area contributed by atoms with Crippen molar-refractivity contribution in [1.29, 1.82) is 0 Å². The predicted molar refractivity (Wildman–Crippen MR) is 162 cm³/mol. The molecule has 0 aromatic heterocycles. The summed E-state index contributed by atoms with van der Waals surface area (Å²) in [6.07, 6.45) is -1.04. The van der Waals surface area contributed by atoms with Crippen molar-refractivity contribution in [3.05, 3.63) is 136 Å². The summed E-state index contributed by atoms with van der Waals surface area (Å²) in [5.74, 6) is -4.01. The number of rotatable bonds is 5. The van der Waals surface area contributed by atoms with Crippen LogP contribution in [0.4, 0.5) is 5.69 Å². The van der Waals surface area contributed by atoms with Gasteiger partial charge in [0.2, 0.25) is 17.6 Å². The average Bonchev–Trinajstić information content (AvgIpc) is 3.30. The molecule has 3 aliphatic carbocycles. The first-order chi connectivity index (χ1) is 20.6. The van der Waals surface area contributed by atoms with Crippen molar-refractivity contribution >= 4 is 52.5 Å². The van der Waals surface area contributed by atoms with Crippen molar-refractivity contribution in [3.8, 4) is 0 Å². The van der Waals surface area contributed by atoms with E-state index in [2.05, 4.69) is 0 Å². The maximum absolute atomic E-state index is 14.2. The summed E-state index contributed by atoms with van der Waals surface area (Å²) in [5.41, 5.74) is 4.55. The van der Waals surface area contributed by atoms with Gasteiger partial charge in [-0.05, 0) is 54.3 Å². The maximum Gasteiger partial charge on any atom is 0.338 e. The monoisotopic (exact) mass is 609 g/mol. The van der Waals surface area contributed by atoms with E-state index in [1.807, 2.05) is 67.6 Å². The van der Waals surface area contributed by atoms with Crippen molar-refractivity contribution in [3.63, 3.8) is 0 Å². The summed E-state index contributed by atoms with van der Waals surface area (Å²) in [6.45, 7) is 3.42. The molecule has 1 heterocycles. The van der Waals surface area contributed by atoms with E-state index in [4.69, 9.17) is 27.9 Å². The van der Waals surface area contributed by atoms with Crippen LogP contribution in [0, 0.1) is 18.8 Å². The van der Waals surface area contributed by atoms with Crippen molar-refractivity contribution in [2.24, 2.45) is 11.8 Å². The smallest absolute Gasteiger partial charge is 0.338 e. The summed E-state index contributed by atoms with van der Waals surface area (Å²) in [6, 6.07) is 27.9. The number of imide groups is 1. The quantitative estimate of drug-likeness (QED) is 0.111. The predicted octanol–water partition coefficient (Wildman–Crippen LogP) is 6.52. The lowest BCUT2D eigenvalue weighted by atomic mass is 9.54. The lowest BCUT2D eigenvalue weighted by molar-refractivity contribution is -0.122. The Kier molecular flexibility index (Phi) is 6.17. The van der Waals surface area contributed by atoms with E-state index in [0.29, 0.717) is 27.8 Å². The first-order valence-electron chi connectivity index (χ1n) is 14.0. The Labute approximate surface area is 258 Å². The number of esters is 1. The van der Waals surface area contributed by atoms with Gasteiger partial charge in [0, 0.05) is 5.56 Å². The molecule has 4 aromatic rings. The molecule has 0 saturated carbocycles. The second kappa shape index (κ2) is 9.63. The van der Waals surface area contributed by atoms with Crippen LogP contribution in [0.1, 0.15) is 55.5 Å². The molecule has 1 saturated heterocycles. The molecule has 0 spiro atoms. The lowest BCUT2D eigenvalue weighted by Gasteiger charge is -2.54. The SMILES string of the molecule is Cc1ccc(C(=O)[C@H](C)OC(=O)c2cccc(N3C(=O)[C@H]4[C@H](C3=O)C3(Cl)c5ccccc5C4(Cl)c4ccccc43)c2)cc1. The van der Waals surface area contributed by atoms with Gasteiger partial charge >= 0.3 is 5.97 Å². The summed E-state index contributed by atoms with van der Waals surface area (Å²) < 4.78 is 5.49. The van der Waals surface area contributed by atoms with Crippen LogP contribution in [-0.2, 0) is 24.1 Å². The average molecular weight is 610 g/mol. The number of ether oxygens (including phenoxy) is 1. The minimum atomic E-state index is -1.31. The van der Waals surface area contributed by atoms with Gasteiger partial charge in [0.15, 0.2) is 6.10 Å². The molecule has 8 heteroatoms. The number of hydrogen-bond donors (Lipinski definition) is 0. The van der Waals surface area contributed by atoms with Gasteiger partial charge in [-0.2, -0.15) is 0 Å². The van der Waals surface area contributed by atoms with Crippen molar-refractivity contribution < 1.29 is 23.9 Å². The summed E-state index contributed by atoms with van der Waals surface area (Å²) in [7, 11) is 0. The summed E-state index contributed by atoms with van der Waals surface area (Å²) in [5, 5.41) is 0. The summed E-state index contributed by atoms with van der Waals surface area (Å²) >= 11 is 15.0. The largest absolute Gasteiger partial charge is 0.451 e. The third kappa shape index (κ3) is 3.73. The molecule has 3 atom stereocenters. The Morgan fingerprint density at radius 3 is 1.70 bits per heavy atom. The molecule has 2 bridgehead atoms. The second-order valence-electron chi connectivity index (χ2n) is 11.3. The molecule has 4 aliphatic rings. The standard InChI is InChI=1S/C35H25Cl2NO5/c1-19-14-16-21(17-15-19)30(39)20(2)43-33(42)22-8-7-9-23(18-22)38-31(40)28-29(32(38)41)35(37)25-11-4-3-10-24(25)34(28,36)26-12-5-6-13-27(26)35/h3-18,20,28-29H,1-2H3/t20-,28+,29+,34?,35?/m0/s1. The van der Waals surface area contributed by atoms with Gasteiger partial charge in [0.05, 0.1) is 23.1 Å². The molecule has 0 unspecified atom stereocenters. The molecule has 8 rings (SSSR count). The van der Waals surface area contributed by atoms with Crippen LogP contribution >= 0.6 is 23.2 Å². The van der Waals surface area contributed by atoms with E-state index in [0.717, 1.165) is 10.5 Å². The van der Waals surface area contributed by atoms with Gasteiger partial charge in [-0.3, -0.25) is 14.4 Å². The van der Waals surface area contributed by atoms with Crippen LogP contribution in [0.15, 0.2) is 97.1 Å². The lowest BCUT2D eigenvalue weighted by Crippen LogP contribution is -2.57. The van der Waals surface area contributed by atoms with Crippen LogP contribution in [-0.4, -0.2) is 29.7 Å². The molecular weight excluding hydrogens is 585 g/mol. The van der Waals surface area contributed by atoms with Crippen LogP contribution in [0.25, 0.3) is 0 Å². The van der Waals surface area contributed by atoms with Gasteiger partial charge in [0.25, 0.3) is 0 Å². The zero-order chi connectivity index (χ0) is 30.3. The van der Waals surface area contributed by atoms with Crippen molar-refractivity contribution in [2.45, 2.75) is 29.7 Å². The fourth-order valence-corrected chi connectivity index (χ4v) is 8.03. The Morgan fingerprint density at radius 1 is 0.721 bits per heavy atom. The molecule has 43 heavy (non-hydrogen) atoms. The first-order valence-corrected chi connectivity index (χ1v) is 14.7. The zero-order valence-corrected chi connectivity index (χ0v) is 24.7. The van der Waals surface area contributed by atoms with E-state index < -0.39 is 45.5 Å². The van der Waals surface area contributed by atoms with Gasteiger partial charge in [-0.25, -0.2) is 9.69 Å². The van der Waals surface area contributed by atoms with Crippen molar-refractivity contribution in [2.75, 3.05) is 4.90 Å². The fraction of sp³-hybridized carbons (Fsp3) is 0.200. The normalized spacial score (nSPS) is 25.5. The van der Waals surface area contributed by atoms with E-state index in [-0.39, 0.29) is 17.0 Å². The number of alkyl halides is 2. The Balaban J connectivity index is 1.23. The third-order valence-electron chi connectivity index (χ3n) is 8.91. The molecule has 1 aliphatic heterocycles. The zero-order valence-electron chi connectivity index (χ0n) is 23.2. The Bertz CT molecular complexity index is 1740. The minimum Gasteiger partial charge on any atom is -0.451 e. The van der Waals surface area contributed by atoms with Crippen LogP contribution in [0.2, 0.25) is 0 Å². The van der Waals surface area contributed by atoms with Crippen molar-refractivity contribution in [1.82, 2.24) is 0 Å². The Hall–Kier alpha value is -4.26. The number of aryl methyl sites for hydroxylation is 1. The van der Waals surface area contributed by atoms with Crippen LogP contribution < -0.4 is 4.90 Å². The third-order valence-corrected chi connectivity index (χ3v) is 10.2. The van der Waals surface area contributed by atoms with E-state index in [1.54, 1.807) is 24.3 Å². The maximum atomic E-state index is 14.2. The summed E-state index contributed by atoms with van der Waals surface area (Å²) in [4.78, 5) is 52.9. The first kappa shape index (κ1) is 27.6. The number of carbonyl (C=O) groups excluding carboxylic acids is 4. The van der Waals surface area contributed by atoms with E-state index in [1.165, 1.54) is 19.1 Å². The number of Topliss-reactive ketones (excluding diaryl/α,β-unsaturated/α-hetero) is 1. The minimum absolute atomic E-state index is 0.0900. The molecule has 2 amide bonds. The molecule has 1 fully saturated rings. The molecule has 6 nitrogen and oxygen atoms in total. The number of hydrogen-bond acceptors (Lipinski definition) is 5. The van der Waals surface area contributed by atoms with Crippen LogP contribution in [0.3, 0.4) is 0 Å². The second-order valence-corrected chi connectivity index (χ2v) is 12.5. The van der Waals surface area contributed by atoms with Gasteiger partial charge in [-0.15, -0.1) is 23.2 Å². The number of halogens is 2. The highest BCUT2D eigenvalue weighted by atomic mass is 35.5. The van der Waals surface area contributed by atoms with Gasteiger partial charge in [0.1, 0.15) is 9.75 Å². The van der Waals surface area contributed by atoms with Gasteiger partial charge < -0.3 is 4.74 Å². The van der Waals surface area contributed by atoms with E-state index in [9.17, 15) is 19.2 Å². The highest BCUT2D eigenvalue weighted by molar-refractivity contribution is 6.38. The number of benzene rings is 4. The number of nitrogens with zero attached hydrogens (tertiary/aromatic N) is 1. The number of anilines is 1. The number of amides is 2. The topological polar surface area (TPSA) is 80.8 Å². The highest BCUT2D eigenvalue weighted by Crippen LogP contribution is 2.69. The molecule has 4 aromatic carbocycles. The van der Waals surface area contributed by atoms with Gasteiger partial charge in [-0.1, -0.05) is 84.4 Å². The molecule has 214 valence electrons. The molecular formula is C35H25Cl2NO5. The Morgan fingerprint density at radius 2 is 1.21 bits per heavy atom. The number of ketones is 1. The molecule has 0 N–H and O–H groups in total. The van der Waals surface area contributed by atoms with E-state index >= 15 is 0 Å². The highest BCUT2D eigenvalue weighted by Gasteiger charge is 2.73. The number of carbonyl (C=O) groups is 4. The molecule has 0 radical (unpaired) electrons. The van der Waals surface area contributed by atoms with Crippen LogP contribution in [0.5, 0.6) is 0 Å². The fourth-order valence-electron chi connectivity index (χ4n) is 6.93.